The maximum absolute atomic E-state index is 11.2. The molecule has 0 aliphatic heterocycles. The predicted molar refractivity (Wildman–Crippen MR) is 70.1 cm³/mol. The highest BCUT2D eigenvalue weighted by Crippen LogP contribution is 2.16. The number of rotatable bonds is 7. The van der Waals surface area contributed by atoms with Gasteiger partial charge in [0.15, 0.2) is 0 Å². The van der Waals surface area contributed by atoms with Gasteiger partial charge in [0.1, 0.15) is 0 Å². The number of benzene rings is 1. The Kier molecular flexibility index (Phi) is 5.47. The Morgan fingerprint density at radius 1 is 1.53 bits per heavy atom. The minimum absolute atomic E-state index is 0.281. The molecule has 0 saturated heterocycles. The maximum atomic E-state index is 11.2. The largest absolute Gasteiger partial charge is 0.481 e. The van der Waals surface area contributed by atoms with Crippen molar-refractivity contribution in [1.29, 1.82) is 0 Å². The van der Waals surface area contributed by atoms with Crippen LogP contribution in [0, 0.1) is 12.8 Å². The Morgan fingerprint density at radius 2 is 2.29 bits per heavy atom. The fourth-order valence-electron chi connectivity index (χ4n) is 1.95. The summed E-state index contributed by atoms with van der Waals surface area (Å²) < 4.78 is 0. The molecule has 0 fully saturated rings. The molecule has 0 radical (unpaired) electrons. The van der Waals surface area contributed by atoms with E-state index in [1.165, 1.54) is 5.56 Å². The normalized spacial score (nSPS) is 12.1. The zero-order valence-electron chi connectivity index (χ0n) is 10.4. The second-order valence-electron chi connectivity index (χ2n) is 4.45. The third-order valence-electron chi connectivity index (χ3n) is 2.87. The Labute approximate surface area is 103 Å². The smallest absolute Gasteiger partial charge is 0.306 e. The first-order valence-electron chi connectivity index (χ1n) is 6.02. The average Bonchev–Trinajstić information content (AvgIpc) is 2.28. The van der Waals surface area contributed by atoms with Crippen LogP contribution >= 0.6 is 0 Å². The van der Waals surface area contributed by atoms with Gasteiger partial charge in [-0.1, -0.05) is 35.9 Å². The van der Waals surface area contributed by atoms with Gasteiger partial charge in [-0.2, -0.15) is 0 Å². The Hall–Kier alpha value is -1.57. The van der Waals surface area contributed by atoms with Crippen molar-refractivity contribution in [2.24, 2.45) is 5.92 Å². The van der Waals surface area contributed by atoms with E-state index in [4.69, 9.17) is 0 Å². The lowest BCUT2D eigenvalue weighted by atomic mass is 9.93. The van der Waals surface area contributed by atoms with Crippen LogP contribution in [0.4, 0.5) is 0 Å². The highest BCUT2D eigenvalue weighted by molar-refractivity contribution is 5.70. The summed E-state index contributed by atoms with van der Waals surface area (Å²) in [5, 5.41) is 9.18. The van der Waals surface area contributed by atoms with Gasteiger partial charge in [-0.25, -0.2) is 0 Å². The van der Waals surface area contributed by atoms with E-state index in [0.717, 1.165) is 24.8 Å². The lowest BCUT2D eigenvalue weighted by Gasteiger charge is -2.12. The van der Waals surface area contributed by atoms with Crippen LogP contribution in [-0.2, 0) is 11.2 Å². The van der Waals surface area contributed by atoms with Crippen LogP contribution < -0.4 is 0 Å². The zero-order valence-corrected chi connectivity index (χ0v) is 10.4. The van der Waals surface area contributed by atoms with Crippen LogP contribution in [0.2, 0.25) is 0 Å². The molecular weight excluding hydrogens is 212 g/mol. The van der Waals surface area contributed by atoms with Crippen LogP contribution in [-0.4, -0.2) is 11.1 Å². The number of aryl methyl sites for hydroxylation is 1. The number of aliphatic carboxylic acids is 1. The molecule has 0 aliphatic carbocycles. The molecule has 2 nitrogen and oxygen atoms in total. The van der Waals surface area contributed by atoms with Crippen molar-refractivity contribution in [2.75, 3.05) is 0 Å². The summed E-state index contributed by atoms with van der Waals surface area (Å²) in [4.78, 5) is 11.2. The van der Waals surface area contributed by atoms with Gasteiger partial charge in [0.25, 0.3) is 0 Å². The quantitative estimate of drug-likeness (QED) is 0.576. The van der Waals surface area contributed by atoms with Crippen molar-refractivity contribution in [2.45, 2.75) is 32.6 Å². The van der Waals surface area contributed by atoms with Crippen LogP contribution in [0.25, 0.3) is 0 Å². The summed E-state index contributed by atoms with van der Waals surface area (Å²) in [7, 11) is 0. The molecule has 1 rings (SSSR count). The minimum atomic E-state index is -0.699. The molecule has 0 heterocycles. The average molecular weight is 232 g/mol. The summed E-state index contributed by atoms with van der Waals surface area (Å²) in [5.74, 6) is -0.979. The fourth-order valence-corrected chi connectivity index (χ4v) is 1.95. The third-order valence-corrected chi connectivity index (χ3v) is 2.87. The van der Waals surface area contributed by atoms with E-state index in [2.05, 4.69) is 12.6 Å². The van der Waals surface area contributed by atoms with Crippen molar-refractivity contribution in [3.8, 4) is 0 Å². The summed E-state index contributed by atoms with van der Waals surface area (Å²) in [6.45, 7) is 5.68. The van der Waals surface area contributed by atoms with Gasteiger partial charge in [-0.05, 0) is 38.2 Å². The number of carbonyl (C=O) groups is 1. The van der Waals surface area contributed by atoms with Gasteiger partial charge in [-0.3, -0.25) is 4.79 Å². The number of carboxylic acid groups (broad SMARTS) is 1. The molecule has 92 valence electrons. The number of unbranched alkanes of at least 4 members (excludes halogenated alkanes) is 1. The van der Waals surface area contributed by atoms with Crippen LogP contribution in [0.15, 0.2) is 36.9 Å². The van der Waals surface area contributed by atoms with Crippen LogP contribution in [0.3, 0.4) is 0 Å². The molecule has 17 heavy (non-hydrogen) atoms. The SMILES string of the molecule is C=CCCCC(Cc1cccc(C)c1)C(=O)O. The van der Waals surface area contributed by atoms with Gasteiger partial charge < -0.3 is 5.11 Å². The first-order chi connectivity index (χ1) is 8.13. The van der Waals surface area contributed by atoms with E-state index in [0.29, 0.717) is 6.42 Å². The van der Waals surface area contributed by atoms with Gasteiger partial charge in [-0.15, -0.1) is 6.58 Å². The van der Waals surface area contributed by atoms with Gasteiger partial charge in [0.05, 0.1) is 5.92 Å². The van der Waals surface area contributed by atoms with E-state index >= 15 is 0 Å². The summed E-state index contributed by atoms with van der Waals surface area (Å²) >= 11 is 0. The minimum Gasteiger partial charge on any atom is -0.481 e. The van der Waals surface area contributed by atoms with Crippen molar-refractivity contribution >= 4 is 5.97 Å². The molecule has 1 aromatic carbocycles. The number of allylic oxidation sites excluding steroid dienone is 1. The Bertz CT molecular complexity index is 382. The molecule has 1 atom stereocenters. The van der Waals surface area contributed by atoms with Crippen molar-refractivity contribution in [1.82, 2.24) is 0 Å². The topological polar surface area (TPSA) is 37.3 Å². The molecular formula is C15H20O2. The molecule has 0 saturated carbocycles. The van der Waals surface area contributed by atoms with E-state index in [-0.39, 0.29) is 5.92 Å². The molecule has 0 aromatic heterocycles. The predicted octanol–water partition coefficient (Wildman–Crippen LogP) is 3.59. The van der Waals surface area contributed by atoms with Gasteiger partial charge in [0, 0.05) is 0 Å². The molecule has 1 unspecified atom stereocenters. The highest BCUT2D eigenvalue weighted by atomic mass is 16.4. The molecule has 0 aliphatic rings. The lowest BCUT2D eigenvalue weighted by Crippen LogP contribution is -2.16. The molecule has 1 aromatic rings. The van der Waals surface area contributed by atoms with Gasteiger partial charge >= 0.3 is 5.97 Å². The fraction of sp³-hybridized carbons (Fsp3) is 0.400. The van der Waals surface area contributed by atoms with Crippen molar-refractivity contribution in [3.05, 3.63) is 48.0 Å². The second-order valence-corrected chi connectivity index (χ2v) is 4.45. The summed E-state index contributed by atoms with van der Waals surface area (Å²) in [5.41, 5.74) is 2.29. The maximum Gasteiger partial charge on any atom is 0.306 e. The Morgan fingerprint density at radius 3 is 2.88 bits per heavy atom. The monoisotopic (exact) mass is 232 g/mol. The van der Waals surface area contributed by atoms with Crippen molar-refractivity contribution in [3.63, 3.8) is 0 Å². The summed E-state index contributed by atoms with van der Waals surface area (Å²) in [6, 6.07) is 8.06. The summed E-state index contributed by atoms with van der Waals surface area (Å²) in [6.07, 6.45) is 4.96. The van der Waals surface area contributed by atoms with E-state index in [1.807, 2.05) is 31.2 Å². The first kappa shape index (κ1) is 13.5. The van der Waals surface area contributed by atoms with E-state index in [1.54, 1.807) is 0 Å². The third kappa shape index (κ3) is 4.85. The lowest BCUT2D eigenvalue weighted by molar-refractivity contribution is -0.141. The highest BCUT2D eigenvalue weighted by Gasteiger charge is 2.17. The standard InChI is InChI=1S/C15H20O2/c1-3-4-5-9-14(15(16)17)11-13-8-6-7-12(2)10-13/h3,6-8,10,14H,1,4-5,9,11H2,2H3,(H,16,17). The molecule has 2 heteroatoms. The molecule has 0 spiro atoms. The first-order valence-corrected chi connectivity index (χ1v) is 6.02. The Balaban J connectivity index is 2.60. The van der Waals surface area contributed by atoms with Crippen LogP contribution in [0.5, 0.6) is 0 Å². The zero-order chi connectivity index (χ0) is 12.7. The number of carboxylic acids is 1. The number of hydrogen-bond donors (Lipinski definition) is 1. The number of hydrogen-bond acceptors (Lipinski definition) is 1. The van der Waals surface area contributed by atoms with Gasteiger partial charge in [0.2, 0.25) is 0 Å². The molecule has 0 amide bonds. The second kappa shape index (κ2) is 6.89. The molecule has 1 N–H and O–H groups in total. The van der Waals surface area contributed by atoms with E-state index in [9.17, 15) is 9.90 Å². The van der Waals surface area contributed by atoms with E-state index < -0.39 is 5.97 Å². The van der Waals surface area contributed by atoms with Crippen molar-refractivity contribution < 1.29 is 9.90 Å². The molecule has 0 bridgehead atoms. The van der Waals surface area contributed by atoms with Crippen LogP contribution in [0.1, 0.15) is 30.4 Å².